The number of benzene rings is 1. The summed E-state index contributed by atoms with van der Waals surface area (Å²) in [6.45, 7) is 7.91. The van der Waals surface area contributed by atoms with Crippen LogP contribution < -0.4 is 5.32 Å². The predicted octanol–water partition coefficient (Wildman–Crippen LogP) is 1.59. The van der Waals surface area contributed by atoms with Crippen LogP contribution in [0, 0.1) is 20.8 Å². The molecule has 0 radical (unpaired) electrons. The van der Waals surface area contributed by atoms with Crippen LogP contribution in [0.2, 0.25) is 0 Å². The minimum atomic E-state index is -3.56. The Morgan fingerprint density at radius 2 is 1.73 bits per heavy atom. The van der Waals surface area contributed by atoms with E-state index in [2.05, 4.69) is 10.2 Å². The number of rotatable bonds is 2. The van der Waals surface area contributed by atoms with E-state index in [4.69, 9.17) is 0 Å². The number of hydrogen-bond donors (Lipinski definition) is 1. The van der Waals surface area contributed by atoms with E-state index in [0.29, 0.717) is 43.9 Å². The van der Waals surface area contributed by atoms with Crippen molar-refractivity contribution in [2.24, 2.45) is 0 Å². The van der Waals surface area contributed by atoms with Gasteiger partial charge in [0.25, 0.3) is 0 Å². The van der Waals surface area contributed by atoms with Crippen molar-refractivity contribution >= 4 is 15.9 Å². The molecule has 2 saturated heterocycles. The number of carbonyl (C=O) groups excluding carboxylic acids is 1. The van der Waals surface area contributed by atoms with E-state index in [1.165, 1.54) is 0 Å². The van der Waals surface area contributed by atoms with Gasteiger partial charge in [-0.05, 0) is 51.8 Å². The first-order chi connectivity index (χ1) is 12.2. The van der Waals surface area contributed by atoms with Gasteiger partial charge in [-0.15, -0.1) is 0 Å². The molecular weight excluding hydrogens is 350 g/mol. The topological polar surface area (TPSA) is 69.7 Å². The van der Waals surface area contributed by atoms with E-state index in [-0.39, 0.29) is 11.4 Å². The molecular formula is C19H29N3O3S. The maximum Gasteiger partial charge on any atom is 0.243 e. The van der Waals surface area contributed by atoms with Gasteiger partial charge in [0.15, 0.2) is 0 Å². The van der Waals surface area contributed by atoms with Gasteiger partial charge in [-0.3, -0.25) is 9.69 Å². The average Bonchev–Trinajstić information content (AvgIpc) is 2.71. The summed E-state index contributed by atoms with van der Waals surface area (Å²) < 4.78 is 28.5. The second-order valence-corrected chi connectivity index (χ2v) is 9.69. The molecule has 1 atom stereocenters. The molecule has 3 rings (SSSR count). The van der Waals surface area contributed by atoms with Crippen LogP contribution in [-0.2, 0) is 14.8 Å². The average molecular weight is 380 g/mol. The molecule has 1 N–H and O–H groups in total. The normalized spacial score (nSPS) is 25.9. The first-order valence-electron chi connectivity index (χ1n) is 9.22. The number of carbonyl (C=O) groups is 1. The molecule has 2 fully saturated rings. The molecule has 1 spiro atoms. The standard InChI is InChI=1S/C19H29N3O3S/c1-14-11-15(2)18(16(3)12-14)26(24,25)22-10-9-21(4)19(13-22)6-5-17(23)20-8-7-19/h11-12H,5-10,13H2,1-4H3,(H,20,23)/t19-/m1/s1. The number of amides is 1. The third-order valence-corrected chi connectivity index (χ3v) is 8.05. The lowest BCUT2D eigenvalue weighted by atomic mass is 9.87. The van der Waals surface area contributed by atoms with Gasteiger partial charge in [-0.25, -0.2) is 8.42 Å². The fraction of sp³-hybridized carbons (Fsp3) is 0.632. The third kappa shape index (κ3) is 3.40. The van der Waals surface area contributed by atoms with Gasteiger partial charge in [0, 0.05) is 38.1 Å². The zero-order chi connectivity index (χ0) is 19.1. The lowest BCUT2D eigenvalue weighted by molar-refractivity contribution is -0.121. The number of nitrogens with zero attached hydrogens (tertiary/aromatic N) is 2. The van der Waals surface area contributed by atoms with Crippen LogP contribution >= 0.6 is 0 Å². The van der Waals surface area contributed by atoms with Crippen molar-refractivity contribution in [2.75, 3.05) is 33.2 Å². The molecule has 0 aromatic heterocycles. The van der Waals surface area contributed by atoms with Crippen LogP contribution in [-0.4, -0.2) is 62.3 Å². The van der Waals surface area contributed by atoms with Crippen molar-refractivity contribution in [1.29, 1.82) is 0 Å². The van der Waals surface area contributed by atoms with Crippen molar-refractivity contribution in [1.82, 2.24) is 14.5 Å². The second kappa shape index (κ2) is 6.94. The van der Waals surface area contributed by atoms with Gasteiger partial charge < -0.3 is 5.32 Å². The lowest BCUT2D eigenvalue weighted by Crippen LogP contribution is -2.62. The summed E-state index contributed by atoms with van der Waals surface area (Å²) in [7, 11) is -1.52. The van der Waals surface area contributed by atoms with Crippen molar-refractivity contribution < 1.29 is 13.2 Å². The molecule has 7 heteroatoms. The first kappa shape index (κ1) is 19.3. The largest absolute Gasteiger partial charge is 0.356 e. The quantitative estimate of drug-likeness (QED) is 0.847. The highest BCUT2D eigenvalue weighted by Gasteiger charge is 2.44. The van der Waals surface area contributed by atoms with E-state index < -0.39 is 10.0 Å². The van der Waals surface area contributed by atoms with Crippen LogP contribution in [0.3, 0.4) is 0 Å². The van der Waals surface area contributed by atoms with E-state index in [1.54, 1.807) is 4.31 Å². The van der Waals surface area contributed by atoms with Crippen LogP contribution in [0.25, 0.3) is 0 Å². The fourth-order valence-corrected chi connectivity index (χ4v) is 6.39. The molecule has 144 valence electrons. The number of sulfonamides is 1. The minimum Gasteiger partial charge on any atom is -0.356 e. The van der Waals surface area contributed by atoms with E-state index in [9.17, 15) is 13.2 Å². The molecule has 1 amide bonds. The lowest BCUT2D eigenvalue weighted by Gasteiger charge is -2.48. The molecule has 0 aliphatic carbocycles. The van der Waals surface area contributed by atoms with Gasteiger partial charge in [0.05, 0.1) is 4.90 Å². The highest BCUT2D eigenvalue weighted by molar-refractivity contribution is 7.89. The van der Waals surface area contributed by atoms with Crippen molar-refractivity contribution in [3.63, 3.8) is 0 Å². The first-order valence-corrected chi connectivity index (χ1v) is 10.7. The van der Waals surface area contributed by atoms with Gasteiger partial charge in [0.2, 0.25) is 15.9 Å². The zero-order valence-corrected chi connectivity index (χ0v) is 16.9. The van der Waals surface area contributed by atoms with Crippen molar-refractivity contribution in [2.45, 2.75) is 50.5 Å². The Kier molecular flexibility index (Phi) is 5.16. The molecule has 0 saturated carbocycles. The molecule has 2 heterocycles. The third-order valence-electron chi connectivity index (χ3n) is 5.90. The highest BCUT2D eigenvalue weighted by Crippen LogP contribution is 2.34. The minimum absolute atomic E-state index is 0.0560. The zero-order valence-electron chi connectivity index (χ0n) is 16.1. The van der Waals surface area contributed by atoms with Crippen LogP contribution in [0.4, 0.5) is 0 Å². The summed E-state index contributed by atoms with van der Waals surface area (Å²) in [5.74, 6) is 0.0560. The molecule has 0 unspecified atom stereocenters. The van der Waals surface area contributed by atoms with E-state index >= 15 is 0 Å². The second-order valence-electron chi connectivity index (χ2n) is 7.81. The highest BCUT2D eigenvalue weighted by atomic mass is 32.2. The molecule has 2 aliphatic heterocycles. The van der Waals surface area contributed by atoms with Gasteiger partial charge >= 0.3 is 0 Å². The number of nitrogens with one attached hydrogen (secondary N) is 1. The monoisotopic (exact) mass is 379 g/mol. The Morgan fingerprint density at radius 3 is 2.38 bits per heavy atom. The summed E-state index contributed by atoms with van der Waals surface area (Å²) in [4.78, 5) is 14.5. The Labute approximate surface area is 156 Å². The predicted molar refractivity (Wildman–Crippen MR) is 102 cm³/mol. The maximum atomic E-state index is 13.4. The fourth-order valence-electron chi connectivity index (χ4n) is 4.47. The Bertz CT molecular complexity index is 798. The van der Waals surface area contributed by atoms with E-state index in [0.717, 1.165) is 23.1 Å². The van der Waals surface area contributed by atoms with Gasteiger partial charge in [-0.2, -0.15) is 4.31 Å². The van der Waals surface area contributed by atoms with Crippen molar-refractivity contribution in [3.05, 3.63) is 28.8 Å². The Balaban J connectivity index is 1.95. The number of aryl methyl sites for hydroxylation is 3. The Morgan fingerprint density at radius 1 is 1.08 bits per heavy atom. The number of piperazine rings is 1. The molecule has 0 bridgehead atoms. The van der Waals surface area contributed by atoms with Gasteiger partial charge in [0.1, 0.15) is 0 Å². The summed E-state index contributed by atoms with van der Waals surface area (Å²) in [5.41, 5.74) is 2.39. The summed E-state index contributed by atoms with van der Waals surface area (Å²) in [5, 5.41) is 2.91. The van der Waals surface area contributed by atoms with Crippen LogP contribution in [0.1, 0.15) is 36.0 Å². The smallest absolute Gasteiger partial charge is 0.243 e. The SMILES string of the molecule is Cc1cc(C)c(S(=O)(=O)N2CCN(C)[C@]3(CCNC(=O)CC3)C2)c(C)c1. The summed E-state index contributed by atoms with van der Waals surface area (Å²) in [6, 6.07) is 3.86. The molecule has 2 aliphatic rings. The van der Waals surface area contributed by atoms with Crippen molar-refractivity contribution in [3.8, 4) is 0 Å². The molecule has 26 heavy (non-hydrogen) atoms. The molecule has 1 aromatic carbocycles. The molecule has 6 nitrogen and oxygen atoms in total. The van der Waals surface area contributed by atoms with Gasteiger partial charge in [-0.1, -0.05) is 17.7 Å². The maximum absolute atomic E-state index is 13.4. The Hall–Kier alpha value is -1.44. The number of likely N-dealkylation sites (N-methyl/N-ethyl adjacent to an activating group) is 1. The molecule has 1 aromatic rings. The van der Waals surface area contributed by atoms with Crippen LogP contribution in [0.15, 0.2) is 17.0 Å². The summed E-state index contributed by atoms with van der Waals surface area (Å²) >= 11 is 0. The van der Waals surface area contributed by atoms with Crippen LogP contribution in [0.5, 0.6) is 0 Å². The van der Waals surface area contributed by atoms with E-state index in [1.807, 2.05) is 40.0 Å². The summed E-state index contributed by atoms with van der Waals surface area (Å²) in [6.07, 6.45) is 1.90. The number of hydrogen-bond acceptors (Lipinski definition) is 4.